The zero-order valence-electron chi connectivity index (χ0n) is 16.5. The molecule has 1 amide bonds. The molecule has 0 radical (unpaired) electrons. The molecule has 3 rings (SSSR count). The minimum atomic E-state index is -2.93. The molecule has 0 heterocycles. The number of amides is 1. The first-order valence-corrected chi connectivity index (χ1v) is 9.98. The molecule has 160 valence electrons. The average Bonchev–Trinajstić information content (AvgIpc) is 3.30. The number of rotatable bonds is 10. The predicted molar refractivity (Wildman–Crippen MR) is 101 cm³/mol. The molecule has 3 atom stereocenters. The van der Waals surface area contributed by atoms with Crippen LogP contribution >= 0.6 is 0 Å². The van der Waals surface area contributed by atoms with Gasteiger partial charge in [0.15, 0.2) is 18.1 Å². The summed E-state index contributed by atoms with van der Waals surface area (Å²) in [6, 6.07) is 4.61. The lowest BCUT2D eigenvalue weighted by Crippen LogP contribution is -2.31. The van der Waals surface area contributed by atoms with Crippen molar-refractivity contribution in [1.82, 2.24) is 5.32 Å². The Morgan fingerprint density at radius 2 is 2.03 bits per heavy atom. The molecule has 8 heteroatoms. The number of fused-ring (bicyclic) bond motifs is 2. The number of esters is 1. The van der Waals surface area contributed by atoms with Crippen molar-refractivity contribution in [3.8, 4) is 11.5 Å². The summed E-state index contributed by atoms with van der Waals surface area (Å²) in [6.45, 7) is -2.90. The van der Waals surface area contributed by atoms with E-state index in [2.05, 4.69) is 10.1 Å². The second-order valence-electron chi connectivity index (χ2n) is 7.76. The Bertz CT molecular complexity index is 727. The molecule has 2 fully saturated rings. The van der Waals surface area contributed by atoms with Gasteiger partial charge in [0, 0.05) is 13.0 Å². The SMILES string of the molecule is COc1cc(CCNC(=O)COC(=O)C[C@H]2C[C@@H]3CC[C@@H]2C3)ccc1OC(F)F. The van der Waals surface area contributed by atoms with E-state index in [1.54, 1.807) is 12.1 Å². The van der Waals surface area contributed by atoms with Crippen molar-refractivity contribution in [3.05, 3.63) is 23.8 Å². The van der Waals surface area contributed by atoms with Gasteiger partial charge < -0.3 is 19.5 Å². The molecule has 1 aromatic carbocycles. The Morgan fingerprint density at radius 3 is 2.69 bits per heavy atom. The predicted octanol–water partition coefficient (Wildman–Crippen LogP) is 3.32. The Balaban J connectivity index is 1.34. The van der Waals surface area contributed by atoms with Gasteiger partial charge in [-0.25, -0.2) is 0 Å². The number of carbonyl (C=O) groups excluding carboxylic acids is 2. The number of carbonyl (C=O) groups is 2. The van der Waals surface area contributed by atoms with Crippen molar-refractivity contribution < 1.29 is 32.6 Å². The lowest BCUT2D eigenvalue weighted by Gasteiger charge is -2.20. The lowest BCUT2D eigenvalue weighted by atomic mass is 9.86. The minimum absolute atomic E-state index is 0.0438. The first kappa shape index (κ1) is 21.3. The zero-order valence-corrected chi connectivity index (χ0v) is 16.5. The summed E-state index contributed by atoms with van der Waals surface area (Å²) in [4.78, 5) is 23.9. The van der Waals surface area contributed by atoms with Gasteiger partial charge in [0.25, 0.3) is 5.91 Å². The van der Waals surface area contributed by atoms with E-state index in [0.717, 1.165) is 17.9 Å². The van der Waals surface area contributed by atoms with E-state index in [-0.39, 0.29) is 30.0 Å². The van der Waals surface area contributed by atoms with Crippen LogP contribution in [0.2, 0.25) is 0 Å². The van der Waals surface area contributed by atoms with E-state index in [9.17, 15) is 18.4 Å². The maximum Gasteiger partial charge on any atom is 0.387 e. The maximum atomic E-state index is 12.3. The van der Waals surface area contributed by atoms with Gasteiger partial charge in [-0.2, -0.15) is 8.78 Å². The molecule has 0 spiro atoms. The van der Waals surface area contributed by atoms with Crippen LogP contribution in [-0.4, -0.2) is 38.7 Å². The quantitative estimate of drug-likeness (QED) is 0.598. The van der Waals surface area contributed by atoms with Crippen molar-refractivity contribution >= 4 is 11.9 Å². The molecule has 0 saturated heterocycles. The Morgan fingerprint density at radius 1 is 1.21 bits per heavy atom. The van der Waals surface area contributed by atoms with Crippen LogP contribution in [0.25, 0.3) is 0 Å². The fourth-order valence-corrected chi connectivity index (χ4v) is 4.50. The highest BCUT2D eigenvalue weighted by molar-refractivity contribution is 5.80. The van der Waals surface area contributed by atoms with Gasteiger partial charge in [0.2, 0.25) is 0 Å². The molecule has 1 N–H and O–H groups in total. The van der Waals surface area contributed by atoms with E-state index in [4.69, 9.17) is 9.47 Å². The summed E-state index contributed by atoms with van der Waals surface area (Å²) >= 11 is 0. The summed E-state index contributed by atoms with van der Waals surface area (Å²) in [5.41, 5.74) is 0.789. The number of hydrogen-bond acceptors (Lipinski definition) is 5. The number of hydrogen-bond donors (Lipinski definition) is 1. The maximum absolute atomic E-state index is 12.3. The molecule has 0 unspecified atom stereocenters. The molecule has 29 heavy (non-hydrogen) atoms. The number of nitrogens with one attached hydrogen (secondary N) is 1. The Labute approximate surface area is 168 Å². The third-order valence-corrected chi connectivity index (χ3v) is 5.86. The Hall–Kier alpha value is -2.38. The molecular weight excluding hydrogens is 384 g/mol. The van der Waals surface area contributed by atoms with Crippen LogP contribution in [0.1, 0.15) is 37.7 Å². The first-order valence-electron chi connectivity index (χ1n) is 9.98. The van der Waals surface area contributed by atoms with Gasteiger partial charge in [-0.15, -0.1) is 0 Å². The number of alkyl halides is 2. The van der Waals surface area contributed by atoms with Crippen LogP contribution in [-0.2, 0) is 20.7 Å². The molecule has 6 nitrogen and oxygen atoms in total. The van der Waals surface area contributed by atoms with E-state index in [1.165, 1.54) is 32.4 Å². The molecule has 2 bridgehead atoms. The average molecular weight is 411 g/mol. The van der Waals surface area contributed by atoms with Crippen LogP contribution in [0, 0.1) is 17.8 Å². The largest absolute Gasteiger partial charge is 0.493 e. The topological polar surface area (TPSA) is 73.9 Å². The van der Waals surface area contributed by atoms with Gasteiger partial charge in [0.05, 0.1) is 7.11 Å². The van der Waals surface area contributed by atoms with Crippen LogP contribution in [0.4, 0.5) is 8.78 Å². The van der Waals surface area contributed by atoms with Crippen LogP contribution in [0.15, 0.2) is 18.2 Å². The third kappa shape index (κ3) is 6.05. The van der Waals surface area contributed by atoms with Gasteiger partial charge in [-0.1, -0.05) is 12.5 Å². The van der Waals surface area contributed by atoms with E-state index >= 15 is 0 Å². The molecule has 1 aromatic rings. The first-order chi connectivity index (χ1) is 13.9. The smallest absolute Gasteiger partial charge is 0.387 e. The number of methoxy groups -OCH3 is 1. The number of halogens is 2. The van der Waals surface area contributed by atoms with Gasteiger partial charge in [0.1, 0.15) is 0 Å². The highest BCUT2D eigenvalue weighted by Crippen LogP contribution is 2.49. The van der Waals surface area contributed by atoms with Gasteiger partial charge >= 0.3 is 12.6 Å². The molecule has 2 aliphatic rings. The van der Waals surface area contributed by atoms with Crippen molar-refractivity contribution in [1.29, 1.82) is 0 Å². The second kappa shape index (κ2) is 9.89. The van der Waals surface area contributed by atoms with Gasteiger partial charge in [-0.05, 0) is 61.1 Å². The zero-order chi connectivity index (χ0) is 20.8. The molecule has 0 aliphatic heterocycles. The monoisotopic (exact) mass is 411 g/mol. The van der Waals surface area contributed by atoms with E-state index in [1.807, 2.05) is 0 Å². The molecule has 2 aliphatic carbocycles. The summed E-state index contributed by atoms with van der Waals surface area (Å²) in [5, 5.41) is 2.68. The van der Waals surface area contributed by atoms with Crippen LogP contribution in [0.3, 0.4) is 0 Å². The van der Waals surface area contributed by atoms with Crippen LogP contribution < -0.4 is 14.8 Å². The fraction of sp³-hybridized carbons (Fsp3) is 0.619. The molecule has 2 saturated carbocycles. The summed E-state index contributed by atoms with van der Waals surface area (Å²) in [7, 11) is 1.37. The highest BCUT2D eigenvalue weighted by Gasteiger charge is 2.40. The van der Waals surface area contributed by atoms with Crippen molar-refractivity contribution in [2.45, 2.75) is 45.1 Å². The minimum Gasteiger partial charge on any atom is -0.493 e. The summed E-state index contributed by atoms with van der Waals surface area (Å²) in [5.74, 6) is 1.32. The molecule has 0 aromatic heterocycles. The second-order valence-corrected chi connectivity index (χ2v) is 7.76. The van der Waals surface area contributed by atoms with Crippen molar-refractivity contribution in [2.75, 3.05) is 20.3 Å². The summed E-state index contributed by atoms with van der Waals surface area (Å²) in [6.07, 6.45) is 5.71. The van der Waals surface area contributed by atoms with E-state index in [0.29, 0.717) is 31.2 Å². The summed E-state index contributed by atoms with van der Waals surface area (Å²) < 4.78 is 39.2. The number of benzene rings is 1. The normalized spacial score (nSPS) is 22.6. The molecular formula is C21H27F2NO5. The Kier molecular flexibility index (Phi) is 7.28. The third-order valence-electron chi connectivity index (χ3n) is 5.86. The van der Waals surface area contributed by atoms with E-state index < -0.39 is 6.61 Å². The number of ether oxygens (including phenoxy) is 3. The van der Waals surface area contributed by atoms with Crippen LogP contribution in [0.5, 0.6) is 11.5 Å². The lowest BCUT2D eigenvalue weighted by molar-refractivity contribution is -0.149. The van der Waals surface area contributed by atoms with Crippen molar-refractivity contribution in [3.63, 3.8) is 0 Å². The van der Waals surface area contributed by atoms with Crippen molar-refractivity contribution in [2.24, 2.45) is 17.8 Å². The van der Waals surface area contributed by atoms with Gasteiger partial charge in [-0.3, -0.25) is 9.59 Å². The highest BCUT2D eigenvalue weighted by atomic mass is 19.3. The standard InChI is InChI=1S/C21H27F2NO5/c1-27-18-10-13(3-5-17(18)29-21(22)23)6-7-24-19(25)12-28-20(26)11-16-9-14-2-4-15(16)8-14/h3,5,10,14-16,21H,2,4,6-9,11-12H2,1H3,(H,24,25)/t14-,15-,16-/m1/s1. The fourth-order valence-electron chi connectivity index (χ4n) is 4.50.